The smallest absolute Gasteiger partial charge is 0.124 e. The van der Waals surface area contributed by atoms with Gasteiger partial charge in [-0.3, -0.25) is 0 Å². The summed E-state index contributed by atoms with van der Waals surface area (Å²) in [4.78, 5) is 0. The molecule has 3 rings (SSSR count). The Morgan fingerprint density at radius 2 is 1.90 bits per heavy atom. The maximum atomic E-state index is 5.72. The zero-order chi connectivity index (χ0) is 14.7. The summed E-state index contributed by atoms with van der Waals surface area (Å²) in [7, 11) is 1.72. The number of para-hydroxylation sites is 2. The van der Waals surface area contributed by atoms with Gasteiger partial charge in [-0.15, -0.1) is 0 Å². The highest BCUT2D eigenvalue weighted by Crippen LogP contribution is 2.34. The van der Waals surface area contributed by atoms with Gasteiger partial charge >= 0.3 is 0 Å². The van der Waals surface area contributed by atoms with Crippen LogP contribution in [0.1, 0.15) is 36.6 Å². The molecule has 0 bridgehead atoms. The molecule has 1 heterocycles. The van der Waals surface area contributed by atoms with Crippen molar-refractivity contribution in [1.29, 1.82) is 0 Å². The summed E-state index contributed by atoms with van der Waals surface area (Å²) < 4.78 is 11.2. The molecule has 2 aromatic rings. The molecule has 2 atom stereocenters. The van der Waals surface area contributed by atoms with Crippen molar-refractivity contribution in [3.63, 3.8) is 0 Å². The Hall–Kier alpha value is -2.00. The second-order valence-corrected chi connectivity index (χ2v) is 5.36. The Labute approximate surface area is 125 Å². The van der Waals surface area contributed by atoms with Crippen molar-refractivity contribution >= 4 is 0 Å². The fraction of sp³-hybridized carbons (Fsp3) is 0.333. The summed E-state index contributed by atoms with van der Waals surface area (Å²) in [6, 6.07) is 17.0. The van der Waals surface area contributed by atoms with E-state index in [1.165, 1.54) is 11.1 Å². The zero-order valence-corrected chi connectivity index (χ0v) is 12.5. The maximum absolute atomic E-state index is 5.72. The van der Waals surface area contributed by atoms with E-state index in [0.717, 1.165) is 24.5 Å². The first kappa shape index (κ1) is 14.0. The van der Waals surface area contributed by atoms with E-state index in [0.29, 0.717) is 6.04 Å². The number of hydrogen-bond acceptors (Lipinski definition) is 3. The highest BCUT2D eigenvalue weighted by Gasteiger charge is 2.23. The third-order valence-corrected chi connectivity index (χ3v) is 4.02. The molecule has 1 aliphatic heterocycles. The molecular formula is C18H21NO2. The molecule has 0 radical (unpaired) electrons. The summed E-state index contributed by atoms with van der Waals surface area (Å²) in [6.45, 7) is 2.93. The lowest BCUT2D eigenvalue weighted by atomic mass is 9.98. The SMILES string of the molecule is COc1ccccc1[C@H](C)NC1CCOc2ccccc21. The van der Waals surface area contributed by atoms with Crippen LogP contribution in [-0.4, -0.2) is 13.7 Å². The first-order valence-corrected chi connectivity index (χ1v) is 7.40. The molecule has 0 aliphatic carbocycles. The van der Waals surface area contributed by atoms with Gasteiger partial charge in [0.2, 0.25) is 0 Å². The first-order valence-electron chi connectivity index (χ1n) is 7.40. The van der Waals surface area contributed by atoms with E-state index in [9.17, 15) is 0 Å². The lowest BCUT2D eigenvalue weighted by Crippen LogP contribution is -2.29. The summed E-state index contributed by atoms with van der Waals surface area (Å²) in [5, 5.41) is 3.71. The summed E-state index contributed by atoms with van der Waals surface area (Å²) >= 11 is 0. The van der Waals surface area contributed by atoms with E-state index in [-0.39, 0.29) is 6.04 Å². The van der Waals surface area contributed by atoms with Crippen LogP contribution in [0.3, 0.4) is 0 Å². The van der Waals surface area contributed by atoms with Crippen LogP contribution in [0.2, 0.25) is 0 Å². The Balaban J connectivity index is 1.81. The number of nitrogens with one attached hydrogen (secondary N) is 1. The molecule has 0 spiro atoms. The topological polar surface area (TPSA) is 30.5 Å². The van der Waals surface area contributed by atoms with Gasteiger partial charge < -0.3 is 14.8 Å². The summed E-state index contributed by atoms with van der Waals surface area (Å²) in [5.74, 6) is 1.92. The van der Waals surface area contributed by atoms with Gasteiger partial charge in [-0.1, -0.05) is 36.4 Å². The van der Waals surface area contributed by atoms with E-state index < -0.39 is 0 Å². The van der Waals surface area contributed by atoms with Crippen LogP contribution in [0, 0.1) is 0 Å². The van der Waals surface area contributed by atoms with Gasteiger partial charge in [-0.2, -0.15) is 0 Å². The molecule has 0 saturated heterocycles. The Bertz CT molecular complexity index is 612. The lowest BCUT2D eigenvalue weighted by molar-refractivity contribution is 0.245. The van der Waals surface area contributed by atoms with Gasteiger partial charge in [0.25, 0.3) is 0 Å². The summed E-state index contributed by atoms with van der Waals surface area (Å²) in [5.41, 5.74) is 2.43. The molecular weight excluding hydrogens is 262 g/mol. The van der Waals surface area contributed by atoms with Crippen LogP contribution in [0.25, 0.3) is 0 Å². The fourth-order valence-corrected chi connectivity index (χ4v) is 2.93. The molecule has 0 fully saturated rings. The van der Waals surface area contributed by atoms with Crippen LogP contribution in [0.5, 0.6) is 11.5 Å². The van der Waals surface area contributed by atoms with Crippen LogP contribution >= 0.6 is 0 Å². The predicted octanol–water partition coefficient (Wildman–Crippen LogP) is 3.87. The molecule has 2 aromatic carbocycles. The third-order valence-electron chi connectivity index (χ3n) is 4.02. The first-order chi connectivity index (χ1) is 10.3. The van der Waals surface area contributed by atoms with Gasteiger partial charge in [0.05, 0.1) is 13.7 Å². The average molecular weight is 283 g/mol. The van der Waals surface area contributed by atoms with Gasteiger partial charge in [0.1, 0.15) is 11.5 Å². The highest BCUT2D eigenvalue weighted by molar-refractivity contribution is 5.39. The second-order valence-electron chi connectivity index (χ2n) is 5.36. The molecule has 0 aromatic heterocycles. The van der Waals surface area contributed by atoms with E-state index in [1.807, 2.05) is 30.3 Å². The van der Waals surface area contributed by atoms with E-state index in [2.05, 4.69) is 30.4 Å². The lowest BCUT2D eigenvalue weighted by Gasteiger charge is -2.30. The number of benzene rings is 2. The van der Waals surface area contributed by atoms with Crippen molar-refractivity contribution in [1.82, 2.24) is 5.32 Å². The molecule has 1 aliphatic rings. The quantitative estimate of drug-likeness (QED) is 0.924. The maximum Gasteiger partial charge on any atom is 0.124 e. The molecule has 0 saturated carbocycles. The monoisotopic (exact) mass is 283 g/mol. The van der Waals surface area contributed by atoms with Crippen molar-refractivity contribution in [2.24, 2.45) is 0 Å². The minimum absolute atomic E-state index is 0.220. The van der Waals surface area contributed by atoms with Crippen molar-refractivity contribution in [2.75, 3.05) is 13.7 Å². The third kappa shape index (κ3) is 2.88. The van der Waals surface area contributed by atoms with Gasteiger partial charge in [-0.25, -0.2) is 0 Å². The Morgan fingerprint density at radius 1 is 1.14 bits per heavy atom. The van der Waals surface area contributed by atoms with Crippen molar-refractivity contribution in [2.45, 2.75) is 25.4 Å². The number of rotatable bonds is 4. The number of ether oxygens (including phenoxy) is 2. The minimum Gasteiger partial charge on any atom is -0.496 e. The number of hydrogen-bond donors (Lipinski definition) is 1. The predicted molar refractivity (Wildman–Crippen MR) is 83.8 cm³/mol. The largest absolute Gasteiger partial charge is 0.496 e. The van der Waals surface area contributed by atoms with E-state index in [4.69, 9.17) is 9.47 Å². The van der Waals surface area contributed by atoms with E-state index >= 15 is 0 Å². The molecule has 21 heavy (non-hydrogen) atoms. The molecule has 1 N–H and O–H groups in total. The standard InChI is InChI=1S/C18H21NO2/c1-13(14-7-3-5-9-17(14)20-2)19-16-11-12-21-18-10-6-4-8-15(16)18/h3-10,13,16,19H,11-12H2,1-2H3/t13-,16?/m0/s1. The van der Waals surface area contributed by atoms with Gasteiger partial charge in [0.15, 0.2) is 0 Å². The fourth-order valence-electron chi connectivity index (χ4n) is 2.93. The van der Waals surface area contributed by atoms with Crippen molar-refractivity contribution in [3.8, 4) is 11.5 Å². The van der Waals surface area contributed by atoms with Crippen molar-refractivity contribution < 1.29 is 9.47 Å². The van der Waals surface area contributed by atoms with E-state index in [1.54, 1.807) is 7.11 Å². The average Bonchev–Trinajstić information content (AvgIpc) is 2.55. The zero-order valence-electron chi connectivity index (χ0n) is 12.5. The molecule has 3 nitrogen and oxygen atoms in total. The van der Waals surface area contributed by atoms with Crippen LogP contribution in [0.4, 0.5) is 0 Å². The Morgan fingerprint density at radius 3 is 2.76 bits per heavy atom. The minimum atomic E-state index is 0.220. The molecule has 110 valence electrons. The molecule has 1 unspecified atom stereocenters. The number of methoxy groups -OCH3 is 1. The highest BCUT2D eigenvalue weighted by atomic mass is 16.5. The second kappa shape index (κ2) is 6.19. The van der Waals surface area contributed by atoms with Crippen LogP contribution in [-0.2, 0) is 0 Å². The number of fused-ring (bicyclic) bond motifs is 1. The van der Waals surface area contributed by atoms with Crippen LogP contribution in [0.15, 0.2) is 48.5 Å². The molecule has 0 amide bonds. The van der Waals surface area contributed by atoms with Gasteiger partial charge in [0, 0.05) is 29.6 Å². The normalized spacial score (nSPS) is 18.5. The van der Waals surface area contributed by atoms with Crippen molar-refractivity contribution in [3.05, 3.63) is 59.7 Å². The van der Waals surface area contributed by atoms with Crippen LogP contribution < -0.4 is 14.8 Å². The molecule has 3 heteroatoms. The van der Waals surface area contributed by atoms with Gasteiger partial charge in [-0.05, 0) is 19.1 Å². The Kier molecular flexibility index (Phi) is 4.11. The summed E-state index contributed by atoms with van der Waals surface area (Å²) in [6.07, 6.45) is 0.983.